The molecule has 0 spiro atoms. The van der Waals surface area contributed by atoms with E-state index in [1.807, 2.05) is 0 Å². The van der Waals surface area contributed by atoms with Gasteiger partial charge in [-0.3, -0.25) is 9.36 Å². The van der Waals surface area contributed by atoms with E-state index in [1.54, 1.807) is 13.8 Å². The summed E-state index contributed by atoms with van der Waals surface area (Å²) in [6.07, 6.45) is 0.892. The number of hydrogen-bond acceptors (Lipinski definition) is 4. The van der Waals surface area contributed by atoms with Gasteiger partial charge in [0.15, 0.2) is 0 Å². The summed E-state index contributed by atoms with van der Waals surface area (Å²) in [6.45, 7) is 4.31. The van der Waals surface area contributed by atoms with Crippen molar-refractivity contribution < 1.29 is 18.6 Å². The first-order chi connectivity index (χ1) is 7.08. The van der Waals surface area contributed by atoms with Gasteiger partial charge in [0.1, 0.15) is 0 Å². The van der Waals surface area contributed by atoms with Gasteiger partial charge in [-0.1, -0.05) is 15.9 Å². The highest BCUT2D eigenvalue weighted by atomic mass is 79.9. The van der Waals surface area contributed by atoms with Crippen molar-refractivity contribution in [2.45, 2.75) is 20.3 Å². The zero-order valence-corrected chi connectivity index (χ0v) is 11.7. The Hall–Kier alpha value is 0.140. The van der Waals surface area contributed by atoms with Crippen molar-refractivity contribution in [3.05, 3.63) is 0 Å². The molecule has 0 unspecified atom stereocenters. The molecule has 0 aliphatic carbocycles. The number of carbonyl (C=O) groups excluding carboxylic acids is 1. The van der Waals surface area contributed by atoms with Crippen LogP contribution in [0.25, 0.3) is 0 Å². The average Bonchev–Trinajstić information content (AvgIpc) is 2.16. The molecule has 4 nitrogen and oxygen atoms in total. The zero-order valence-electron chi connectivity index (χ0n) is 9.20. The maximum Gasteiger partial charge on any atom is 0.306 e. The van der Waals surface area contributed by atoms with Crippen molar-refractivity contribution >= 4 is 29.3 Å². The number of rotatable bonds is 8. The first-order valence-corrected chi connectivity index (χ1v) is 8.13. The number of carbonyl (C=O) groups is 1. The van der Waals surface area contributed by atoms with Crippen LogP contribution in [0.2, 0.25) is 0 Å². The Kier molecular flexibility index (Phi) is 8.39. The largest absolute Gasteiger partial charge is 0.466 e. The van der Waals surface area contributed by atoms with Crippen LogP contribution in [0.1, 0.15) is 20.3 Å². The molecule has 0 aromatic carbocycles. The molecule has 6 heteroatoms. The average molecular weight is 301 g/mol. The zero-order chi connectivity index (χ0) is 11.7. The van der Waals surface area contributed by atoms with Crippen molar-refractivity contribution in [1.29, 1.82) is 0 Å². The molecule has 0 bridgehead atoms. The van der Waals surface area contributed by atoms with E-state index in [-0.39, 0.29) is 18.6 Å². The van der Waals surface area contributed by atoms with Gasteiger partial charge in [0.2, 0.25) is 7.37 Å². The second kappa shape index (κ2) is 8.31. The lowest BCUT2D eigenvalue weighted by atomic mass is 10.5. The molecule has 0 aliphatic heterocycles. The Morgan fingerprint density at radius 2 is 1.93 bits per heavy atom. The van der Waals surface area contributed by atoms with Crippen LogP contribution >= 0.6 is 23.3 Å². The summed E-state index contributed by atoms with van der Waals surface area (Å²) in [5.41, 5.74) is 0. The van der Waals surface area contributed by atoms with Crippen LogP contribution < -0.4 is 0 Å². The number of ether oxygens (including phenoxy) is 1. The third kappa shape index (κ3) is 7.09. The van der Waals surface area contributed by atoms with E-state index >= 15 is 0 Å². The lowest BCUT2D eigenvalue weighted by molar-refractivity contribution is -0.142. The smallest absolute Gasteiger partial charge is 0.306 e. The maximum absolute atomic E-state index is 12.1. The molecular formula is C9H18BrO4P. The molecule has 0 aromatic heterocycles. The Morgan fingerprint density at radius 1 is 1.27 bits per heavy atom. The second-order valence-corrected chi connectivity index (χ2v) is 6.50. The highest BCUT2D eigenvalue weighted by Crippen LogP contribution is 2.47. The summed E-state index contributed by atoms with van der Waals surface area (Å²) >= 11 is 3.22. The Morgan fingerprint density at radius 3 is 2.40 bits per heavy atom. The van der Waals surface area contributed by atoms with E-state index in [4.69, 9.17) is 9.26 Å². The summed E-state index contributed by atoms with van der Waals surface area (Å²) in [5, 5.41) is 0.618. The first-order valence-electron chi connectivity index (χ1n) is 5.02. The SMILES string of the molecule is CCOC(=O)CC[P@@](=O)(CCBr)OCC. The lowest BCUT2D eigenvalue weighted by Crippen LogP contribution is -2.09. The molecular weight excluding hydrogens is 283 g/mol. The molecule has 0 saturated carbocycles. The van der Waals surface area contributed by atoms with Crippen molar-refractivity contribution in [2.24, 2.45) is 0 Å². The molecule has 90 valence electrons. The highest BCUT2D eigenvalue weighted by molar-refractivity contribution is 9.09. The quantitative estimate of drug-likeness (QED) is 0.393. The second-order valence-electron chi connectivity index (χ2n) is 2.92. The van der Waals surface area contributed by atoms with E-state index in [1.165, 1.54) is 0 Å². The van der Waals surface area contributed by atoms with Crippen molar-refractivity contribution in [3.8, 4) is 0 Å². The van der Waals surface area contributed by atoms with Crippen molar-refractivity contribution in [3.63, 3.8) is 0 Å². The molecule has 0 radical (unpaired) electrons. The summed E-state index contributed by atoms with van der Waals surface area (Å²) in [7, 11) is -2.64. The normalized spacial score (nSPS) is 14.6. The molecule has 0 heterocycles. The molecule has 0 N–H and O–H groups in total. The predicted molar refractivity (Wildman–Crippen MR) is 64.0 cm³/mol. The topological polar surface area (TPSA) is 52.6 Å². The summed E-state index contributed by atoms with van der Waals surface area (Å²) in [5.74, 6) is -0.313. The van der Waals surface area contributed by atoms with Crippen molar-refractivity contribution in [1.82, 2.24) is 0 Å². The van der Waals surface area contributed by atoms with E-state index in [2.05, 4.69) is 15.9 Å². The molecule has 1 atom stereocenters. The molecule has 0 rings (SSSR count). The summed E-state index contributed by atoms with van der Waals surface area (Å²) in [6, 6.07) is 0. The van der Waals surface area contributed by atoms with Gasteiger partial charge >= 0.3 is 5.97 Å². The van der Waals surface area contributed by atoms with Crippen LogP contribution in [-0.2, 0) is 18.6 Å². The highest BCUT2D eigenvalue weighted by Gasteiger charge is 2.23. The molecule has 0 aliphatic rings. The summed E-state index contributed by atoms with van der Waals surface area (Å²) in [4.78, 5) is 11.1. The monoisotopic (exact) mass is 300 g/mol. The van der Waals surface area contributed by atoms with Gasteiger partial charge in [0.25, 0.3) is 0 Å². The number of esters is 1. The molecule has 15 heavy (non-hydrogen) atoms. The molecule has 0 fully saturated rings. The van der Waals surface area contributed by atoms with Gasteiger partial charge in [-0.05, 0) is 13.8 Å². The fourth-order valence-corrected chi connectivity index (χ4v) is 4.45. The Balaban J connectivity index is 4.06. The van der Waals surface area contributed by atoms with E-state index in [9.17, 15) is 9.36 Å². The molecule has 0 saturated heterocycles. The van der Waals surface area contributed by atoms with Crippen LogP contribution in [0.3, 0.4) is 0 Å². The number of alkyl halides is 1. The van der Waals surface area contributed by atoms with Crippen LogP contribution in [0.15, 0.2) is 0 Å². The standard InChI is InChI=1S/C9H18BrO4P/c1-3-13-9(11)5-7-15(12,8-6-10)14-4-2/h3-8H2,1-2H3/t15-/m0/s1. The van der Waals surface area contributed by atoms with Crippen LogP contribution in [-0.4, -0.2) is 36.8 Å². The van der Waals surface area contributed by atoms with E-state index in [0.717, 1.165) is 0 Å². The van der Waals surface area contributed by atoms with Crippen LogP contribution in [0.4, 0.5) is 0 Å². The fraction of sp³-hybridized carbons (Fsp3) is 0.889. The fourth-order valence-electron chi connectivity index (χ4n) is 1.10. The molecule has 0 amide bonds. The van der Waals surface area contributed by atoms with Crippen LogP contribution in [0, 0.1) is 0 Å². The number of halogens is 1. The minimum Gasteiger partial charge on any atom is -0.466 e. The van der Waals surface area contributed by atoms with Gasteiger partial charge in [-0.2, -0.15) is 0 Å². The third-order valence-corrected chi connectivity index (χ3v) is 5.30. The predicted octanol–water partition coefficient (Wildman–Crippen LogP) is 2.65. The van der Waals surface area contributed by atoms with Gasteiger partial charge in [0.05, 0.1) is 19.6 Å². The van der Waals surface area contributed by atoms with Gasteiger partial charge in [-0.25, -0.2) is 0 Å². The maximum atomic E-state index is 12.1. The van der Waals surface area contributed by atoms with E-state index < -0.39 is 7.37 Å². The third-order valence-electron chi connectivity index (χ3n) is 1.75. The minimum absolute atomic E-state index is 0.165. The lowest BCUT2D eigenvalue weighted by Gasteiger charge is -2.15. The van der Waals surface area contributed by atoms with E-state index in [0.29, 0.717) is 24.7 Å². The Labute approximate surface area is 99.3 Å². The minimum atomic E-state index is -2.64. The van der Waals surface area contributed by atoms with Crippen LogP contribution in [0.5, 0.6) is 0 Å². The van der Waals surface area contributed by atoms with Gasteiger partial charge < -0.3 is 9.26 Å². The summed E-state index contributed by atoms with van der Waals surface area (Å²) < 4.78 is 22.0. The number of hydrogen-bond donors (Lipinski definition) is 0. The first kappa shape index (κ1) is 15.1. The van der Waals surface area contributed by atoms with Gasteiger partial charge in [-0.15, -0.1) is 0 Å². The van der Waals surface area contributed by atoms with Gasteiger partial charge in [0, 0.05) is 17.7 Å². The molecule has 0 aromatic rings. The van der Waals surface area contributed by atoms with Crippen molar-refractivity contribution in [2.75, 3.05) is 30.9 Å². The Bertz CT molecular complexity index is 222.